The summed E-state index contributed by atoms with van der Waals surface area (Å²) in [6, 6.07) is 3.95. The molecule has 1 rings (SSSR count). The zero-order valence-electron chi connectivity index (χ0n) is 7.06. The molecule has 3 N–H and O–H groups in total. The summed E-state index contributed by atoms with van der Waals surface area (Å²) in [7, 11) is 0. The van der Waals surface area contributed by atoms with E-state index in [1.165, 1.54) is 5.56 Å². The Labute approximate surface area is 89.1 Å². The summed E-state index contributed by atoms with van der Waals surface area (Å²) >= 11 is 4.67. The Balaban J connectivity index is 0.00000144. The van der Waals surface area contributed by atoms with Crippen LogP contribution < -0.4 is 11.1 Å². The van der Waals surface area contributed by atoms with E-state index >= 15 is 0 Å². The number of hydrogen-bond donors (Lipinski definition) is 2. The van der Waals surface area contributed by atoms with Crippen LogP contribution in [0.15, 0.2) is 24.5 Å². The molecule has 0 fully saturated rings. The zero-order chi connectivity index (χ0) is 8.81. The Morgan fingerprint density at radius 1 is 1.46 bits per heavy atom. The van der Waals surface area contributed by atoms with Crippen LogP contribution in [0.4, 0.5) is 0 Å². The van der Waals surface area contributed by atoms with Gasteiger partial charge >= 0.3 is 0 Å². The number of nitrogens with one attached hydrogen (secondary N) is 1. The lowest BCUT2D eigenvalue weighted by Gasteiger charge is -2.02. The molecule has 0 saturated heterocycles. The molecule has 0 radical (unpaired) electrons. The van der Waals surface area contributed by atoms with E-state index in [1.807, 2.05) is 12.1 Å². The monoisotopic (exact) mass is 217 g/mol. The van der Waals surface area contributed by atoms with Crippen molar-refractivity contribution in [3.63, 3.8) is 0 Å². The van der Waals surface area contributed by atoms with Gasteiger partial charge in [-0.05, 0) is 36.3 Å². The van der Waals surface area contributed by atoms with Gasteiger partial charge in [0.1, 0.15) is 0 Å². The molecule has 0 atom stereocenters. The predicted octanol–water partition coefficient (Wildman–Crippen LogP) is 0.879. The molecule has 1 aromatic heterocycles. The van der Waals surface area contributed by atoms with Crippen molar-refractivity contribution in [2.45, 2.75) is 6.42 Å². The maximum Gasteiger partial charge on any atom is 0.163 e. The third-order valence-corrected chi connectivity index (χ3v) is 1.61. The van der Waals surface area contributed by atoms with Crippen molar-refractivity contribution in [2.24, 2.45) is 5.73 Å². The Hall–Kier alpha value is -0.870. The maximum absolute atomic E-state index is 5.26. The summed E-state index contributed by atoms with van der Waals surface area (Å²) in [5.41, 5.74) is 6.49. The van der Waals surface area contributed by atoms with Gasteiger partial charge in [0.2, 0.25) is 0 Å². The summed E-state index contributed by atoms with van der Waals surface area (Å²) in [6.07, 6.45) is 4.46. The number of nitrogens with zero attached hydrogens (tertiary/aromatic N) is 1. The molecule has 0 bridgehead atoms. The smallest absolute Gasteiger partial charge is 0.163 e. The number of thiocarbonyl (C=S) groups is 1. The van der Waals surface area contributed by atoms with Gasteiger partial charge in [-0.1, -0.05) is 0 Å². The number of hydrogen-bond acceptors (Lipinski definition) is 2. The van der Waals surface area contributed by atoms with Gasteiger partial charge in [0.25, 0.3) is 0 Å². The van der Waals surface area contributed by atoms with Crippen LogP contribution in [0.25, 0.3) is 0 Å². The highest BCUT2D eigenvalue weighted by molar-refractivity contribution is 7.80. The molecule has 13 heavy (non-hydrogen) atoms. The number of halogens is 1. The van der Waals surface area contributed by atoms with E-state index in [9.17, 15) is 0 Å². The molecule has 72 valence electrons. The first kappa shape index (κ1) is 12.1. The normalized spacial score (nSPS) is 8.62. The minimum atomic E-state index is 0. The Morgan fingerprint density at radius 2 is 2.08 bits per heavy atom. The van der Waals surface area contributed by atoms with Gasteiger partial charge in [0.15, 0.2) is 5.11 Å². The van der Waals surface area contributed by atoms with Crippen molar-refractivity contribution in [1.29, 1.82) is 0 Å². The van der Waals surface area contributed by atoms with Crippen LogP contribution in [-0.2, 0) is 6.42 Å². The standard InChI is InChI=1S/C8H11N3S.ClH/c9-8(12)11-6-3-7-1-4-10-5-2-7;/h1-2,4-5H,3,6H2,(H3,9,11,12);1H. The first-order chi connectivity index (χ1) is 5.79. The van der Waals surface area contributed by atoms with E-state index in [0.717, 1.165) is 13.0 Å². The highest BCUT2D eigenvalue weighted by Crippen LogP contribution is 1.95. The van der Waals surface area contributed by atoms with Crippen molar-refractivity contribution >= 4 is 29.7 Å². The van der Waals surface area contributed by atoms with E-state index in [2.05, 4.69) is 22.5 Å². The van der Waals surface area contributed by atoms with E-state index < -0.39 is 0 Å². The van der Waals surface area contributed by atoms with Crippen LogP contribution in [0.2, 0.25) is 0 Å². The van der Waals surface area contributed by atoms with Crippen molar-refractivity contribution in [1.82, 2.24) is 10.3 Å². The second-order valence-corrected chi connectivity index (χ2v) is 2.84. The molecule has 0 unspecified atom stereocenters. The first-order valence-corrected chi connectivity index (χ1v) is 4.12. The minimum Gasteiger partial charge on any atom is -0.376 e. The Bertz CT molecular complexity index is 253. The molecule has 3 nitrogen and oxygen atoms in total. The van der Waals surface area contributed by atoms with Crippen molar-refractivity contribution in [2.75, 3.05) is 6.54 Å². The molecule has 1 heterocycles. The fraction of sp³-hybridized carbons (Fsp3) is 0.250. The Morgan fingerprint density at radius 3 is 2.62 bits per heavy atom. The van der Waals surface area contributed by atoms with E-state index in [0.29, 0.717) is 5.11 Å². The molecule has 0 aliphatic rings. The van der Waals surface area contributed by atoms with E-state index in [4.69, 9.17) is 5.73 Å². The zero-order valence-corrected chi connectivity index (χ0v) is 8.70. The lowest BCUT2D eigenvalue weighted by atomic mass is 10.2. The molecule has 1 aromatic rings. The molecule has 0 saturated carbocycles. The summed E-state index contributed by atoms with van der Waals surface area (Å²) < 4.78 is 0. The van der Waals surface area contributed by atoms with Crippen LogP contribution in [0.3, 0.4) is 0 Å². The van der Waals surface area contributed by atoms with Gasteiger partial charge < -0.3 is 11.1 Å². The largest absolute Gasteiger partial charge is 0.376 e. The fourth-order valence-corrected chi connectivity index (χ4v) is 0.982. The third kappa shape index (κ3) is 5.38. The van der Waals surface area contributed by atoms with Crippen molar-refractivity contribution in [3.05, 3.63) is 30.1 Å². The Kier molecular flexibility index (Phi) is 6.18. The lowest BCUT2D eigenvalue weighted by Crippen LogP contribution is -2.30. The number of rotatable bonds is 3. The van der Waals surface area contributed by atoms with Gasteiger partial charge in [-0.15, -0.1) is 12.4 Å². The van der Waals surface area contributed by atoms with E-state index in [-0.39, 0.29) is 12.4 Å². The summed E-state index contributed by atoms with van der Waals surface area (Å²) in [4.78, 5) is 3.92. The van der Waals surface area contributed by atoms with Crippen LogP contribution in [0.5, 0.6) is 0 Å². The average Bonchev–Trinajstić information content (AvgIpc) is 2.05. The number of nitrogens with two attached hydrogens (primary N) is 1. The molecule has 0 aromatic carbocycles. The summed E-state index contributed by atoms with van der Waals surface area (Å²) in [6.45, 7) is 0.777. The molecule has 0 aliphatic heterocycles. The molecule has 0 spiro atoms. The van der Waals surface area contributed by atoms with E-state index in [1.54, 1.807) is 12.4 Å². The summed E-state index contributed by atoms with van der Waals surface area (Å²) in [5, 5.41) is 3.23. The molecule has 0 aliphatic carbocycles. The van der Waals surface area contributed by atoms with Gasteiger partial charge in [0, 0.05) is 18.9 Å². The second-order valence-electron chi connectivity index (χ2n) is 2.40. The summed E-state index contributed by atoms with van der Waals surface area (Å²) in [5.74, 6) is 0. The molecular weight excluding hydrogens is 206 g/mol. The van der Waals surface area contributed by atoms with Crippen molar-refractivity contribution in [3.8, 4) is 0 Å². The predicted molar refractivity (Wildman–Crippen MR) is 60.0 cm³/mol. The number of aromatic nitrogens is 1. The highest BCUT2D eigenvalue weighted by atomic mass is 35.5. The van der Waals surface area contributed by atoms with Gasteiger partial charge in [-0.25, -0.2) is 0 Å². The van der Waals surface area contributed by atoms with Crippen LogP contribution >= 0.6 is 24.6 Å². The quantitative estimate of drug-likeness (QED) is 0.739. The minimum absolute atomic E-state index is 0. The lowest BCUT2D eigenvalue weighted by molar-refractivity contribution is 0.867. The van der Waals surface area contributed by atoms with Gasteiger partial charge in [-0.2, -0.15) is 0 Å². The van der Waals surface area contributed by atoms with Crippen LogP contribution in [-0.4, -0.2) is 16.6 Å². The topological polar surface area (TPSA) is 50.9 Å². The van der Waals surface area contributed by atoms with Crippen LogP contribution in [0, 0.1) is 0 Å². The molecule has 5 heteroatoms. The maximum atomic E-state index is 5.26. The van der Waals surface area contributed by atoms with Gasteiger partial charge in [0.05, 0.1) is 0 Å². The molecule has 0 amide bonds. The molecular formula is C8H12ClN3S. The SMILES string of the molecule is Cl.NC(=S)NCCc1ccncc1. The van der Waals surface area contributed by atoms with Gasteiger partial charge in [-0.3, -0.25) is 4.98 Å². The van der Waals surface area contributed by atoms with Crippen molar-refractivity contribution < 1.29 is 0 Å². The average molecular weight is 218 g/mol. The first-order valence-electron chi connectivity index (χ1n) is 3.71. The second kappa shape index (κ2) is 6.62. The third-order valence-electron chi connectivity index (χ3n) is 1.46. The fourth-order valence-electron chi connectivity index (χ4n) is 0.879. The number of pyridine rings is 1. The highest BCUT2D eigenvalue weighted by Gasteiger charge is 1.91. The van der Waals surface area contributed by atoms with Crippen LogP contribution in [0.1, 0.15) is 5.56 Å².